The summed E-state index contributed by atoms with van der Waals surface area (Å²) in [5.74, 6) is -2.60. The van der Waals surface area contributed by atoms with Crippen molar-refractivity contribution in [3.63, 3.8) is 0 Å². The largest absolute Gasteiger partial charge is 0.476 e. The van der Waals surface area contributed by atoms with Crippen molar-refractivity contribution in [1.82, 2.24) is 4.31 Å². The second-order valence-electron chi connectivity index (χ2n) is 6.08. The third-order valence-corrected chi connectivity index (χ3v) is 4.92. The van der Waals surface area contributed by atoms with E-state index >= 15 is 0 Å². The highest BCUT2D eigenvalue weighted by Gasteiger charge is 2.22. The molecule has 0 fully saturated rings. The molecule has 8 heteroatoms. The van der Waals surface area contributed by atoms with Crippen LogP contribution in [0, 0.1) is 0 Å². The van der Waals surface area contributed by atoms with Crippen molar-refractivity contribution in [3.05, 3.63) is 36.9 Å². The molecular formula is C18H24FN3O3S. The summed E-state index contributed by atoms with van der Waals surface area (Å²) in [7, 11) is 5.72. The first-order valence-electron chi connectivity index (χ1n) is 8.19. The molecule has 142 valence electrons. The van der Waals surface area contributed by atoms with E-state index in [0.29, 0.717) is 12.0 Å². The summed E-state index contributed by atoms with van der Waals surface area (Å²) < 4.78 is 20.8. The van der Waals surface area contributed by atoms with Crippen LogP contribution >= 0.6 is 11.9 Å². The molecule has 2 rings (SSSR count). The van der Waals surface area contributed by atoms with Crippen molar-refractivity contribution < 1.29 is 19.0 Å². The number of halogens is 1. The maximum absolute atomic E-state index is 13.3. The first kappa shape index (κ1) is 20.1. The molecule has 26 heavy (non-hydrogen) atoms. The van der Waals surface area contributed by atoms with Crippen molar-refractivity contribution in [2.24, 2.45) is 0 Å². The zero-order chi connectivity index (χ0) is 19.3. The van der Waals surface area contributed by atoms with Crippen LogP contribution in [0.4, 0.5) is 15.8 Å². The lowest BCUT2D eigenvalue weighted by molar-refractivity contribution is -0.134. The van der Waals surface area contributed by atoms with Gasteiger partial charge in [-0.15, -0.1) is 6.58 Å². The molecule has 0 aromatic heterocycles. The highest BCUT2D eigenvalue weighted by molar-refractivity contribution is 7.97. The summed E-state index contributed by atoms with van der Waals surface area (Å²) in [5.41, 5.74) is 1.81. The number of anilines is 2. The summed E-state index contributed by atoms with van der Waals surface area (Å²) in [5, 5.41) is 8.66. The highest BCUT2D eigenvalue weighted by atomic mass is 32.2. The van der Waals surface area contributed by atoms with E-state index in [9.17, 15) is 9.18 Å². The molecule has 1 N–H and O–H groups in total. The number of carboxylic acid groups (broad SMARTS) is 1. The van der Waals surface area contributed by atoms with Gasteiger partial charge in [0.05, 0.1) is 16.3 Å². The fourth-order valence-electron chi connectivity index (χ4n) is 2.54. The summed E-state index contributed by atoms with van der Waals surface area (Å²) in [6, 6.07) is 3.82. The number of rotatable bonds is 7. The summed E-state index contributed by atoms with van der Waals surface area (Å²) in [4.78, 5) is 15.8. The number of hydrogen-bond donors (Lipinski definition) is 1. The van der Waals surface area contributed by atoms with E-state index in [0.717, 1.165) is 42.3 Å². The van der Waals surface area contributed by atoms with Gasteiger partial charge in [-0.25, -0.2) is 9.10 Å². The van der Waals surface area contributed by atoms with Gasteiger partial charge in [0.2, 0.25) is 5.83 Å². The predicted octanol–water partition coefficient (Wildman–Crippen LogP) is 3.36. The molecule has 0 bridgehead atoms. The number of carboxylic acids is 1. The van der Waals surface area contributed by atoms with Crippen molar-refractivity contribution >= 4 is 29.3 Å². The van der Waals surface area contributed by atoms with Gasteiger partial charge < -0.3 is 19.6 Å². The first-order chi connectivity index (χ1) is 12.3. The number of ether oxygens (including phenoxy) is 1. The molecular weight excluding hydrogens is 357 g/mol. The molecule has 1 aromatic carbocycles. The lowest BCUT2D eigenvalue weighted by Gasteiger charge is -2.26. The van der Waals surface area contributed by atoms with E-state index < -0.39 is 11.8 Å². The van der Waals surface area contributed by atoms with Crippen LogP contribution < -0.4 is 14.5 Å². The van der Waals surface area contributed by atoms with Crippen LogP contribution in [-0.2, 0) is 4.79 Å². The molecule has 0 radical (unpaired) electrons. The van der Waals surface area contributed by atoms with Crippen LogP contribution in [0.2, 0.25) is 0 Å². The zero-order valence-corrected chi connectivity index (χ0v) is 16.1. The van der Waals surface area contributed by atoms with Crippen LogP contribution in [0.3, 0.4) is 0 Å². The van der Waals surface area contributed by atoms with Gasteiger partial charge in [0, 0.05) is 33.7 Å². The van der Waals surface area contributed by atoms with Gasteiger partial charge in [-0.3, -0.25) is 0 Å². The summed E-state index contributed by atoms with van der Waals surface area (Å²) >= 11 is 1.58. The first-order valence-corrected chi connectivity index (χ1v) is 8.96. The maximum Gasteiger partial charge on any atom is 0.368 e. The maximum atomic E-state index is 13.3. The number of aliphatic carboxylic acids is 1. The molecule has 0 saturated heterocycles. The van der Waals surface area contributed by atoms with E-state index in [1.165, 1.54) is 0 Å². The smallest absolute Gasteiger partial charge is 0.368 e. The standard InChI is InChI=1S/C18H24FN3O3S/c1-5-6-7-22-9-8-21(4)26-17-11-16(25-12-13(19)18(23)24)14(20(2)3)10-15(17)22/h5,10-12H,1,6-9H2,2-4H3,(H,23,24)/b13-12-. The Morgan fingerprint density at radius 3 is 2.81 bits per heavy atom. The van der Waals surface area contributed by atoms with E-state index in [1.807, 2.05) is 44.3 Å². The molecule has 0 saturated carbocycles. The Morgan fingerprint density at radius 1 is 1.46 bits per heavy atom. The average molecular weight is 381 g/mol. The number of carbonyl (C=O) groups is 1. The lowest BCUT2D eigenvalue weighted by Crippen LogP contribution is -2.29. The minimum Gasteiger partial charge on any atom is -0.476 e. The van der Waals surface area contributed by atoms with Gasteiger partial charge in [-0.05, 0) is 37.5 Å². The number of benzene rings is 1. The predicted molar refractivity (Wildman–Crippen MR) is 104 cm³/mol. The Labute approximate surface area is 157 Å². The third-order valence-electron chi connectivity index (χ3n) is 3.90. The molecule has 0 spiro atoms. The number of likely N-dealkylation sites (N-methyl/N-ethyl adjacent to an activating group) is 1. The van der Waals surface area contributed by atoms with Gasteiger partial charge in [0.15, 0.2) is 5.75 Å². The number of hydrogen-bond acceptors (Lipinski definition) is 6. The van der Waals surface area contributed by atoms with Crippen LogP contribution in [0.5, 0.6) is 5.75 Å². The third kappa shape index (κ3) is 4.92. The van der Waals surface area contributed by atoms with Crippen molar-refractivity contribution in [2.45, 2.75) is 11.3 Å². The number of fused-ring (bicyclic) bond motifs is 1. The van der Waals surface area contributed by atoms with E-state index in [4.69, 9.17) is 9.84 Å². The van der Waals surface area contributed by atoms with Crippen molar-refractivity contribution in [1.29, 1.82) is 0 Å². The minimum absolute atomic E-state index is 0.400. The highest BCUT2D eigenvalue weighted by Crippen LogP contribution is 2.42. The van der Waals surface area contributed by atoms with Crippen molar-refractivity contribution in [3.8, 4) is 5.75 Å². The Morgan fingerprint density at radius 2 is 2.19 bits per heavy atom. The Bertz CT molecular complexity index is 709. The minimum atomic E-state index is -1.66. The Balaban J connectivity index is 2.46. The molecule has 1 heterocycles. The molecule has 0 unspecified atom stereocenters. The van der Waals surface area contributed by atoms with Gasteiger partial charge in [0.1, 0.15) is 6.26 Å². The molecule has 0 aliphatic carbocycles. The van der Waals surface area contributed by atoms with Crippen LogP contribution in [-0.4, -0.2) is 56.2 Å². The van der Waals surface area contributed by atoms with Gasteiger partial charge in [0.25, 0.3) is 0 Å². The van der Waals surface area contributed by atoms with E-state index in [1.54, 1.807) is 11.9 Å². The van der Waals surface area contributed by atoms with Crippen LogP contribution in [0.25, 0.3) is 0 Å². The van der Waals surface area contributed by atoms with Gasteiger partial charge in [-0.1, -0.05) is 6.08 Å². The Hall–Kier alpha value is -2.19. The van der Waals surface area contributed by atoms with Crippen LogP contribution in [0.15, 0.2) is 41.8 Å². The fraction of sp³-hybridized carbons (Fsp3) is 0.389. The van der Waals surface area contributed by atoms with E-state index in [2.05, 4.69) is 15.8 Å². The van der Waals surface area contributed by atoms with Gasteiger partial charge >= 0.3 is 5.97 Å². The monoisotopic (exact) mass is 381 g/mol. The zero-order valence-electron chi connectivity index (χ0n) is 15.2. The Kier molecular flexibility index (Phi) is 6.93. The van der Waals surface area contributed by atoms with Gasteiger partial charge in [-0.2, -0.15) is 4.39 Å². The summed E-state index contributed by atoms with van der Waals surface area (Å²) in [6.07, 6.45) is 3.39. The average Bonchev–Trinajstić information content (AvgIpc) is 2.74. The van der Waals surface area contributed by atoms with Crippen LogP contribution in [0.1, 0.15) is 6.42 Å². The quantitative estimate of drug-likeness (QED) is 0.336. The molecule has 1 aliphatic heterocycles. The number of nitrogens with zero attached hydrogens (tertiary/aromatic N) is 3. The van der Waals surface area contributed by atoms with Crippen molar-refractivity contribution in [2.75, 3.05) is 50.6 Å². The normalized spacial score (nSPS) is 15.2. The molecule has 0 amide bonds. The lowest BCUT2D eigenvalue weighted by atomic mass is 10.2. The SMILES string of the molecule is C=CCCN1CCN(C)Sc2cc(O/C=C(\F)C(=O)O)c(N(C)C)cc21. The molecule has 1 aromatic rings. The molecule has 0 atom stereocenters. The second-order valence-corrected chi connectivity index (χ2v) is 7.32. The molecule has 6 nitrogen and oxygen atoms in total. The summed E-state index contributed by atoms with van der Waals surface area (Å²) in [6.45, 7) is 6.41. The topological polar surface area (TPSA) is 56.3 Å². The second kappa shape index (κ2) is 8.95. The fourth-order valence-corrected chi connectivity index (χ4v) is 3.49. The van der Waals surface area contributed by atoms with E-state index in [-0.39, 0.29) is 0 Å². The molecule has 1 aliphatic rings.